The first-order chi connectivity index (χ1) is 11.7. The summed E-state index contributed by atoms with van der Waals surface area (Å²) in [6.45, 7) is 4.95. The zero-order valence-corrected chi connectivity index (χ0v) is 14.5. The monoisotopic (exact) mass is 326 g/mol. The fraction of sp³-hybridized carbons (Fsp3) is 0.474. The first kappa shape index (κ1) is 16.7. The van der Waals surface area contributed by atoms with Gasteiger partial charge in [0.1, 0.15) is 6.54 Å². The number of hydrogen-bond donors (Lipinski definition) is 1. The number of carbonyl (C=O) groups excluding carboxylic acids is 1. The third-order valence-electron chi connectivity index (χ3n) is 4.88. The highest BCUT2D eigenvalue weighted by Crippen LogP contribution is 2.26. The number of hydrogen-bond acceptors (Lipinski definition) is 3. The van der Waals surface area contributed by atoms with E-state index in [1.165, 1.54) is 37.9 Å². The first-order valence-electron chi connectivity index (χ1n) is 8.75. The Morgan fingerprint density at radius 1 is 1.17 bits per heavy atom. The van der Waals surface area contributed by atoms with Crippen LogP contribution in [0.5, 0.6) is 0 Å². The second kappa shape index (κ2) is 7.62. The van der Waals surface area contributed by atoms with Crippen molar-refractivity contribution in [3.8, 4) is 11.1 Å². The lowest BCUT2D eigenvalue weighted by molar-refractivity contribution is -0.121. The fourth-order valence-corrected chi connectivity index (χ4v) is 3.30. The zero-order valence-electron chi connectivity index (χ0n) is 14.5. The van der Waals surface area contributed by atoms with Crippen LogP contribution >= 0.6 is 0 Å². The summed E-state index contributed by atoms with van der Waals surface area (Å²) in [5, 5.41) is 6.87. The molecule has 5 nitrogen and oxygen atoms in total. The van der Waals surface area contributed by atoms with Crippen LogP contribution in [0.1, 0.15) is 37.8 Å². The normalized spacial score (nSPS) is 16.8. The van der Waals surface area contributed by atoms with E-state index >= 15 is 0 Å². The van der Waals surface area contributed by atoms with Gasteiger partial charge in [-0.3, -0.25) is 14.4 Å². The van der Waals surface area contributed by atoms with Crippen molar-refractivity contribution in [1.82, 2.24) is 20.0 Å². The number of benzene rings is 1. The van der Waals surface area contributed by atoms with Crippen molar-refractivity contribution in [3.63, 3.8) is 0 Å². The molecule has 1 saturated heterocycles. The Morgan fingerprint density at radius 3 is 2.54 bits per heavy atom. The van der Waals surface area contributed by atoms with Gasteiger partial charge in [-0.15, -0.1) is 0 Å². The van der Waals surface area contributed by atoms with Crippen LogP contribution in [0.2, 0.25) is 0 Å². The minimum Gasteiger partial charge on any atom is -0.358 e. The molecule has 0 saturated carbocycles. The molecule has 1 aliphatic rings. The number of aromatic nitrogens is 2. The molecule has 5 heteroatoms. The lowest BCUT2D eigenvalue weighted by atomic mass is 10.0. The number of nitrogens with one attached hydrogen (secondary N) is 1. The predicted molar refractivity (Wildman–Crippen MR) is 95.6 cm³/mol. The SMILES string of the molecule is CNC(=O)Cn1cc(-c2ccc([C@H](C)N3CCCCC3)cc2)cn1. The molecule has 128 valence electrons. The maximum absolute atomic E-state index is 11.4. The number of nitrogens with zero attached hydrogens (tertiary/aromatic N) is 3. The Kier molecular flexibility index (Phi) is 5.30. The second-order valence-corrected chi connectivity index (χ2v) is 6.49. The minimum absolute atomic E-state index is 0.0460. The van der Waals surface area contributed by atoms with E-state index < -0.39 is 0 Å². The van der Waals surface area contributed by atoms with Gasteiger partial charge in [0.25, 0.3) is 0 Å². The number of rotatable bonds is 5. The molecule has 0 spiro atoms. The topological polar surface area (TPSA) is 50.2 Å². The predicted octanol–water partition coefficient (Wildman–Crippen LogP) is 2.84. The molecule has 1 aliphatic heterocycles. The zero-order chi connectivity index (χ0) is 16.9. The summed E-state index contributed by atoms with van der Waals surface area (Å²) in [7, 11) is 1.63. The third kappa shape index (κ3) is 3.85. The van der Waals surface area contributed by atoms with Crippen molar-refractivity contribution in [2.24, 2.45) is 0 Å². The molecule has 0 bridgehead atoms. The molecular weight excluding hydrogens is 300 g/mol. The van der Waals surface area contributed by atoms with Gasteiger partial charge in [0.15, 0.2) is 0 Å². The molecule has 1 N–H and O–H groups in total. The summed E-state index contributed by atoms with van der Waals surface area (Å²) in [5.41, 5.74) is 3.53. The van der Waals surface area contributed by atoms with Crippen molar-refractivity contribution < 1.29 is 4.79 Å². The summed E-state index contributed by atoms with van der Waals surface area (Å²) in [4.78, 5) is 14.0. The van der Waals surface area contributed by atoms with Crippen LogP contribution in [0.3, 0.4) is 0 Å². The van der Waals surface area contributed by atoms with E-state index in [9.17, 15) is 4.79 Å². The molecule has 0 unspecified atom stereocenters. The summed E-state index contributed by atoms with van der Waals surface area (Å²) >= 11 is 0. The molecule has 2 heterocycles. The van der Waals surface area contributed by atoms with Crippen LogP contribution in [0.4, 0.5) is 0 Å². The van der Waals surface area contributed by atoms with Crippen molar-refractivity contribution in [2.45, 2.75) is 38.8 Å². The van der Waals surface area contributed by atoms with Gasteiger partial charge >= 0.3 is 0 Å². The van der Waals surface area contributed by atoms with Gasteiger partial charge in [-0.25, -0.2) is 0 Å². The summed E-state index contributed by atoms with van der Waals surface area (Å²) in [5.74, 6) is -0.0460. The van der Waals surface area contributed by atoms with Crippen LogP contribution in [0, 0.1) is 0 Å². The van der Waals surface area contributed by atoms with Crippen molar-refractivity contribution in [1.29, 1.82) is 0 Å². The molecule has 1 aromatic carbocycles. The molecule has 3 rings (SSSR count). The van der Waals surface area contributed by atoms with Crippen LogP contribution in [-0.2, 0) is 11.3 Å². The number of likely N-dealkylation sites (N-methyl/N-ethyl adjacent to an activating group) is 1. The van der Waals surface area contributed by atoms with Crippen LogP contribution in [0.25, 0.3) is 11.1 Å². The van der Waals surface area contributed by atoms with Gasteiger partial charge in [0.05, 0.1) is 6.20 Å². The Balaban J connectivity index is 1.69. The van der Waals surface area contributed by atoms with Gasteiger partial charge in [-0.05, 0) is 44.0 Å². The second-order valence-electron chi connectivity index (χ2n) is 6.49. The van der Waals surface area contributed by atoms with Crippen LogP contribution in [-0.4, -0.2) is 40.7 Å². The number of amides is 1. The highest BCUT2D eigenvalue weighted by Gasteiger charge is 2.18. The molecule has 0 radical (unpaired) electrons. The standard InChI is InChI=1S/C19H26N4O/c1-15(22-10-4-3-5-11-22)16-6-8-17(9-7-16)18-12-21-23(13-18)14-19(24)20-2/h6-9,12-13,15H,3-5,10-11,14H2,1-2H3,(H,20,24)/t15-/m0/s1. The van der Waals surface area contributed by atoms with Gasteiger partial charge in [0, 0.05) is 24.8 Å². The summed E-state index contributed by atoms with van der Waals surface area (Å²) in [6, 6.07) is 9.19. The van der Waals surface area contributed by atoms with E-state index in [-0.39, 0.29) is 12.5 Å². The Hall–Kier alpha value is -2.14. The van der Waals surface area contributed by atoms with Crippen molar-refractivity contribution in [3.05, 3.63) is 42.2 Å². The number of likely N-dealkylation sites (tertiary alicyclic amines) is 1. The largest absolute Gasteiger partial charge is 0.358 e. The highest BCUT2D eigenvalue weighted by atomic mass is 16.1. The molecule has 24 heavy (non-hydrogen) atoms. The molecule has 1 aromatic heterocycles. The van der Waals surface area contributed by atoms with Crippen LogP contribution in [0.15, 0.2) is 36.7 Å². The van der Waals surface area contributed by atoms with Crippen molar-refractivity contribution >= 4 is 5.91 Å². The maximum Gasteiger partial charge on any atom is 0.241 e. The molecule has 1 atom stereocenters. The average molecular weight is 326 g/mol. The number of piperidine rings is 1. The summed E-state index contributed by atoms with van der Waals surface area (Å²) in [6.07, 6.45) is 7.71. The van der Waals surface area contributed by atoms with Crippen LogP contribution < -0.4 is 5.32 Å². The van der Waals surface area contributed by atoms with E-state index in [0.29, 0.717) is 6.04 Å². The van der Waals surface area contributed by atoms with Gasteiger partial charge in [-0.1, -0.05) is 30.7 Å². The maximum atomic E-state index is 11.4. The van der Waals surface area contributed by atoms with E-state index in [1.807, 2.05) is 12.4 Å². The van der Waals surface area contributed by atoms with Gasteiger partial charge in [0.2, 0.25) is 5.91 Å². The first-order valence-corrected chi connectivity index (χ1v) is 8.75. The van der Waals surface area contributed by atoms with Gasteiger partial charge in [-0.2, -0.15) is 5.10 Å². The molecule has 0 aliphatic carbocycles. The Labute approximate surface area is 143 Å². The smallest absolute Gasteiger partial charge is 0.241 e. The Bertz CT molecular complexity index is 671. The minimum atomic E-state index is -0.0460. The van der Waals surface area contributed by atoms with E-state index in [0.717, 1.165) is 11.1 Å². The van der Waals surface area contributed by atoms with E-state index in [1.54, 1.807) is 11.7 Å². The van der Waals surface area contributed by atoms with Gasteiger partial charge < -0.3 is 5.32 Å². The third-order valence-corrected chi connectivity index (χ3v) is 4.88. The average Bonchev–Trinajstić information content (AvgIpc) is 3.10. The molecule has 1 amide bonds. The number of carbonyl (C=O) groups is 1. The van der Waals surface area contributed by atoms with Crippen molar-refractivity contribution in [2.75, 3.05) is 20.1 Å². The lowest BCUT2D eigenvalue weighted by Gasteiger charge is -2.32. The Morgan fingerprint density at radius 2 is 1.88 bits per heavy atom. The quantitative estimate of drug-likeness (QED) is 0.919. The summed E-state index contributed by atoms with van der Waals surface area (Å²) < 4.78 is 1.67. The van der Waals surface area contributed by atoms with E-state index in [2.05, 4.69) is 46.5 Å². The molecule has 2 aromatic rings. The lowest BCUT2D eigenvalue weighted by Crippen LogP contribution is -2.32. The molecule has 1 fully saturated rings. The van der Waals surface area contributed by atoms with E-state index in [4.69, 9.17) is 0 Å². The fourth-order valence-electron chi connectivity index (χ4n) is 3.30. The highest BCUT2D eigenvalue weighted by molar-refractivity contribution is 5.75. The molecular formula is C19H26N4O.